The van der Waals surface area contributed by atoms with Gasteiger partial charge in [0.1, 0.15) is 0 Å². The third kappa shape index (κ3) is 11.5. The molecule has 0 aliphatic rings. The van der Waals surface area contributed by atoms with Gasteiger partial charge in [-0.15, -0.1) is 0 Å². The molecule has 0 aliphatic carbocycles. The number of hydrogen-bond acceptors (Lipinski definition) is 2. The number of carbonyl (C=O) groups is 1. The Labute approximate surface area is 100 Å². The zero-order chi connectivity index (χ0) is 12.4. The van der Waals surface area contributed by atoms with Crippen molar-refractivity contribution in [1.29, 1.82) is 0 Å². The van der Waals surface area contributed by atoms with Crippen LogP contribution in [0.4, 0.5) is 0 Å². The molecular formula is C13H28N2O. The largest absolute Gasteiger partial charge is 0.355 e. The molecule has 0 unspecified atom stereocenters. The second kappa shape index (κ2) is 9.64. The lowest BCUT2D eigenvalue weighted by molar-refractivity contribution is -0.120. The summed E-state index contributed by atoms with van der Waals surface area (Å²) in [6, 6.07) is 0.372. The Morgan fingerprint density at radius 3 is 2.31 bits per heavy atom. The summed E-state index contributed by atoms with van der Waals surface area (Å²) in [4.78, 5) is 11.3. The molecule has 0 aliphatic heterocycles. The molecule has 0 bridgehead atoms. The van der Waals surface area contributed by atoms with Crippen LogP contribution in [0.3, 0.4) is 0 Å². The van der Waals surface area contributed by atoms with E-state index in [9.17, 15) is 4.79 Å². The maximum atomic E-state index is 11.3. The van der Waals surface area contributed by atoms with Gasteiger partial charge in [0.25, 0.3) is 0 Å². The van der Waals surface area contributed by atoms with Crippen LogP contribution < -0.4 is 10.6 Å². The molecular weight excluding hydrogens is 200 g/mol. The van der Waals surface area contributed by atoms with E-state index in [4.69, 9.17) is 0 Å². The minimum atomic E-state index is 0.109. The van der Waals surface area contributed by atoms with Crippen LogP contribution in [0, 0.1) is 5.92 Å². The van der Waals surface area contributed by atoms with Crippen LogP contribution in [-0.4, -0.2) is 25.0 Å². The molecule has 0 saturated carbocycles. The van der Waals surface area contributed by atoms with Gasteiger partial charge in [-0.25, -0.2) is 0 Å². The van der Waals surface area contributed by atoms with E-state index in [2.05, 4.69) is 24.5 Å². The van der Waals surface area contributed by atoms with Gasteiger partial charge in [-0.1, -0.05) is 47.0 Å². The van der Waals surface area contributed by atoms with Gasteiger partial charge in [0.05, 0.1) is 6.54 Å². The Balaban J connectivity index is 3.21. The van der Waals surface area contributed by atoms with Gasteiger partial charge in [-0.3, -0.25) is 4.79 Å². The van der Waals surface area contributed by atoms with Crippen LogP contribution in [0.5, 0.6) is 0 Å². The fourth-order valence-electron chi connectivity index (χ4n) is 1.44. The zero-order valence-corrected chi connectivity index (χ0v) is 11.3. The van der Waals surface area contributed by atoms with Crippen molar-refractivity contribution in [2.24, 2.45) is 5.92 Å². The summed E-state index contributed by atoms with van der Waals surface area (Å²) in [7, 11) is 0. The molecule has 1 amide bonds. The second-order valence-corrected chi connectivity index (χ2v) is 5.13. The van der Waals surface area contributed by atoms with Crippen molar-refractivity contribution in [2.75, 3.05) is 13.1 Å². The van der Waals surface area contributed by atoms with Crippen LogP contribution in [0.25, 0.3) is 0 Å². The van der Waals surface area contributed by atoms with Crippen LogP contribution >= 0.6 is 0 Å². The molecule has 3 heteroatoms. The van der Waals surface area contributed by atoms with Gasteiger partial charge in [0.2, 0.25) is 5.91 Å². The lowest BCUT2D eigenvalue weighted by Gasteiger charge is -2.09. The van der Waals surface area contributed by atoms with Gasteiger partial charge in [-0.2, -0.15) is 0 Å². The first-order valence-electron chi connectivity index (χ1n) is 6.52. The lowest BCUT2D eigenvalue weighted by Crippen LogP contribution is -2.37. The quantitative estimate of drug-likeness (QED) is 0.595. The van der Waals surface area contributed by atoms with Crippen LogP contribution in [0.1, 0.15) is 53.4 Å². The van der Waals surface area contributed by atoms with Crippen molar-refractivity contribution in [1.82, 2.24) is 10.6 Å². The Morgan fingerprint density at radius 1 is 1.06 bits per heavy atom. The Bertz CT molecular complexity index is 179. The summed E-state index contributed by atoms with van der Waals surface area (Å²) < 4.78 is 0. The van der Waals surface area contributed by atoms with Gasteiger partial charge in [-0.05, 0) is 12.3 Å². The van der Waals surface area contributed by atoms with Crippen molar-refractivity contribution >= 4 is 5.91 Å². The molecule has 0 saturated heterocycles. The van der Waals surface area contributed by atoms with Gasteiger partial charge in [0.15, 0.2) is 0 Å². The lowest BCUT2D eigenvalue weighted by atomic mass is 10.1. The summed E-state index contributed by atoms with van der Waals surface area (Å²) in [6.07, 6.45) is 4.89. The number of carbonyl (C=O) groups excluding carboxylic acids is 1. The Kier molecular flexibility index (Phi) is 9.30. The molecule has 0 heterocycles. The van der Waals surface area contributed by atoms with Gasteiger partial charge >= 0.3 is 0 Å². The maximum Gasteiger partial charge on any atom is 0.233 e. The number of nitrogens with one attached hydrogen (secondary N) is 2. The summed E-state index contributed by atoms with van der Waals surface area (Å²) in [5, 5.41) is 6.02. The average Bonchev–Trinajstić information content (AvgIpc) is 2.19. The first-order valence-corrected chi connectivity index (χ1v) is 6.52. The standard InChI is InChI=1S/C13H28N2O/c1-11(2)8-6-5-7-9-14-13(16)10-15-12(3)4/h11-12,15H,5-10H2,1-4H3,(H,14,16). The van der Waals surface area contributed by atoms with Crippen LogP contribution in [0.2, 0.25) is 0 Å². The number of unbranched alkanes of at least 4 members (excludes halogenated alkanes) is 2. The monoisotopic (exact) mass is 228 g/mol. The molecule has 0 rings (SSSR count). The van der Waals surface area contributed by atoms with Crippen molar-refractivity contribution in [3.63, 3.8) is 0 Å². The molecule has 2 N–H and O–H groups in total. The van der Waals surface area contributed by atoms with E-state index in [-0.39, 0.29) is 5.91 Å². The molecule has 0 aromatic rings. The van der Waals surface area contributed by atoms with E-state index in [0.717, 1.165) is 18.9 Å². The van der Waals surface area contributed by atoms with Crippen molar-refractivity contribution in [2.45, 2.75) is 59.4 Å². The number of rotatable bonds is 9. The fraction of sp³-hybridized carbons (Fsp3) is 0.923. The minimum absolute atomic E-state index is 0.109. The third-order valence-electron chi connectivity index (χ3n) is 2.45. The van der Waals surface area contributed by atoms with E-state index in [0.29, 0.717) is 12.6 Å². The molecule has 16 heavy (non-hydrogen) atoms. The third-order valence-corrected chi connectivity index (χ3v) is 2.45. The second-order valence-electron chi connectivity index (χ2n) is 5.13. The summed E-state index contributed by atoms with van der Waals surface area (Å²) in [5.41, 5.74) is 0. The maximum absolute atomic E-state index is 11.3. The highest BCUT2D eigenvalue weighted by Crippen LogP contribution is 2.07. The molecule has 0 aromatic heterocycles. The van der Waals surface area contributed by atoms with E-state index in [1.54, 1.807) is 0 Å². The van der Waals surface area contributed by atoms with Crippen molar-refractivity contribution in [3.8, 4) is 0 Å². The number of amides is 1. The fourth-order valence-corrected chi connectivity index (χ4v) is 1.44. The van der Waals surface area contributed by atoms with E-state index in [1.807, 2.05) is 13.8 Å². The summed E-state index contributed by atoms with van der Waals surface area (Å²) >= 11 is 0. The predicted octanol–water partition coefficient (Wildman–Crippen LogP) is 2.32. The van der Waals surface area contributed by atoms with E-state index in [1.165, 1.54) is 19.3 Å². The Morgan fingerprint density at radius 2 is 1.75 bits per heavy atom. The van der Waals surface area contributed by atoms with Crippen LogP contribution in [-0.2, 0) is 4.79 Å². The highest BCUT2D eigenvalue weighted by atomic mass is 16.1. The van der Waals surface area contributed by atoms with Crippen molar-refractivity contribution in [3.05, 3.63) is 0 Å². The highest BCUT2D eigenvalue weighted by Gasteiger charge is 2.01. The minimum Gasteiger partial charge on any atom is -0.355 e. The predicted molar refractivity (Wildman–Crippen MR) is 69.5 cm³/mol. The molecule has 0 aromatic carbocycles. The summed E-state index contributed by atoms with van der Waals surface area (Å²) in [5.74, 6) is 0.905. The Hall–Kier alpha value is -0.570. The zero-order valence-electron chi connectivity index (χ0n) is 11.3. The normalized spacial score (nSPS) is 11.1. The first kappa shape index (κ1) is 15.4. The smallest absolute Gasteiger partial charge is 0.233 e. The SMILES string of the molecule is CC(C)CCCCCNC(=O)CNC(C)C. The van der Waals surface area contributed by atoms with E-state index >= 15 is 0 Å². The molecule has 0 atom stereocenters. The number of hydrogen-bond donors (Lipinski definition) is 2. The van der Waals surface area contributed by atoms with Crippen molar-refractivity contribution < 1.29 is 4.79 Å². The topological polar surface area (TPSA) is 41.1 Å². The summed E-state index contributed by atoms with van der Waals surface area (Å²) in [6.45, 7) is 9.83. The molecule has 0 radical (unpaired) electrons. The molecule has 3 nitrogen and oxygen atoms in total. The van der Waals surface area contributed by atoms with Gasteiger partial charge in [0, 0.05) is 12.6 Å². The molecule has 0 spiro atoms. The van der Waals surface area contributed by atoms with E-state index < -0.39 is 0 Å². The molecule has 0 fully saturated rings. The molecule has 96 valence electrons. The highest BCUT2D eigenvalue weighted by molar-refractivity contribution is 5.77. The first-order chi connectivity index (χ1) is 7.52. The van der Waals surface area contributed by atoms with Crippen LogP contribution in [0.15, 0.2) is 0 Å². The average molecular weight is 228 g/mol. The van der Waals surface area contributed by atoms with Gasteiger partial charge < -0.3 is 10.6 Å².